The minimum absolute atomic E-state index is 0.631. The molecule has 2 heteroatoms. The van der Waals surface area contributed by atoms with Gasteiger partial charge in [-0.3, -0.25) is 0 Å². The van der Waals surface area contributed by atoms with Crippen LogP contribution in [0.15, 0.2) is 18.2 Å². The third kappa shape index (κ3) is 3.63. The normalized spacial score (nSPS) is 9.67. The number of unbranched alkanes of at least 4 members (excludes halogenated alkanes) is 1. The Balaban J connectivity index is 2.61. The van der Waals surface area contributed by atoms with E-state index in [1.54, 1.807) is 0 Å². The second kappa shape index (κ2) is 6.08. The fraction of sp³-hybridized carbons (Fsp3) is 0.462. The van der Waals surface area contributed by atoms with Crippen LogP contribution in [0.1, 0.15) is 30.9 Å². The molecule has 0 radical (unpaired) electrons. The van der Waals surface area contributed by atoms with Crippen LogP contribution < -0.4 is 4.74 Å². The molecule has 0 fully saturated rings. The van der Waals surface area contributed by atoms with Crippen LogP contribution in [0.2, 0.25) is 0 Å². The monoisotopic (exact) mass is 203 g/mol. The number of rotatable bonds is 5. The molecule has 0 aliphatic rings. The van der Waals surface area contributed by atoms with Crippen LogP contribution in [-0.2, 0) is 6.42 Å². The highest BCUT2D eigenvalue weighted by Crippen LogP contribution is 2.19. The van der Waals surface area contributed by atoms with Crippen molar-refractivity contribution >= 4 is 0 Å². The molecule has 0 saturated carbocycles. The molecule has 0 atom stereocenters. The van der Waals surface area contributed by atoms with E-state index in [9.17, 15) is 0 Å². The lowest BCUT2D eigenvalue weighted by atomic mass is 10.1. The van der Waals surface area contributed by atoms with Gasteiger partial charge in [0.25, 0.3) is 0 Å². The summed E-state index contributed by atoms with van der Waals surface area (Å²) in [5, 5.41) is 8.44. The van der Waals surface area contributed by atoms with Gasteiger partial charge in [0.15, 0.2) is 0 Å². The molecule has 0 aromatic heterocycles. The number of benzene rings is 1. The standard InChI is InChI=1S/C13H17NO/c1-3-15-13-8-7-12(10-11(13)2)6-4-5-9-14/h7-8,10H,3-6H2,1-2H3. The maximum absolute atomic E-state index is 8.44. The molecule has 1 rings (SSSR count). The largest absolute Gasteiger partial charge is 0.494 e. The Kier molecular flexibility index (Phi) is 4.70. The first-order valence-corrected chi connectivity index (χ1v) is 5.37. The third-order valence-corrected chi connectivity index (χ3v) is 2.29. The molecule has 0 bridgehead atoms. The highest BCUT2D eigenvalue weighted by Gasteiger charge is 2.00. The molecule has 0 unspecified atom stereocenters. The molecule has 0 aliphatic heterocycles. The molecule has 1 aromatic carbocycles. The Morgan fingerprint density at radius 2 is 2.20 bits per heavy atom. The number of hydrogen-bond donors (Lipinski definition) is 0. The van der Waals surface area contributed by atoms with Crippen molar-refractivity contribution in [1.29, 1.82) is 5.26 Å². The highest BCUT2D eigenvalue weighted by atomic mass is 16.5. The second-order valence-corrected chi connectivity index (χ2v) is 3.54. The molecule has 0 spiro atoms. The van der Waals surface area contributed by atoms with Crippen molar-refractivity contribution in [3.05, 3.63) is 29.3 Å². The van der Waals surface area contributed by atoms with E-state index in [1.165, 1.54) is 11.1 Å². The lowest BCUT2D eigenvalue weighted by Gasteiger charge is -2.08. The van der Waals surface area contributed by atoms with Crippen molar-refractivity contribution in [2.45, 2.75) is 33.1 Å². The van der Waals surface area contributed by atoms with E-state index in [1.807, 2.05) is 13.0 Å². The summed E-state index contributed by atoms with van der Waals surface area (Å²) >= 11 is 0. The Morgan fingerprint density at radius 1 is 1.40 bits per heavy atom. The van der Waals surface area contributed by atoms with Gasteiger partial charge in [0.1, 0.15) is 5.75 Å². The fourth-order valence-corrected chi connectivity index (χ4v) is 1.56. The zero-order valence-electron chi connectivity index (χ0n) is 9.42. The van der Waals surface area contributed by atoms with Crippen molar-refractivity contribution < 1.29 is 4.74 Å². The van der Waals surface area contributed by atoms with Gasteiger partial charge in [-0.05, 0) is 43.9 Å². The van der Waals surface area contributed by atoms with Gasteiger partial charge in [-0.25, -0.2) is 0 Å². The van der Waals surface area contributed by atoms with Crippen LogP contribution in [-0.4, -0.2) is 6.61 Å². The fourth-order valence-electron chi connectivity index (χ4n) is 1.56. The Labute approximate surface area is 91.5 Å². The van der Waals surface area contributed by atoms with E-state index in [0.717, 1.165) is 18.6 Å². The van der Waals surface area contributed by atoms with Crippen molar-refractivity contribution in [3.8, 4) is 11.8 Å². The maximum atomic E-state index is 8.44. The third-order valence-electron chi connectivity index (χ3n) is 2.29. The Morgan fingerprint density at radius 3 is 2.80 bits per heavy atom. The summed E-state index contributed by atoms with van der Waals surface area (Å²) in [7, 11) is 0. The van der Waals surface area contributed by atoms with Gasteiger partial charge in [-0.1, -0.05) is 12.1 Å². The van der Waals surface area contributed by atoms with Crippen molar-refractivity contribution in [3.63, 3.8) is 0 Å². The topological polar surface area (TPSA) is 33.0 Å². The number of ether oxygens (including phenoxy) is 1. The van der Waals surface area contributed by atoms with Gasteiger partial charge in [-0.15, -0.1) is 0 Å². The minimum Gasteiger partial charge on any atom is -0.494 e. The van der Waals surface area contributed by atoms with Crippen LogP contribution >= 0.6 is 0 Å². The molecule has 0 aliphatic carbocycles. The first-order valence-electron chi connectivity index (χ1n) is 5.37. The summed E-state index contributed by atoms with van der Waals surface area (Å²) in [4.78, 5) is 0. The Hall–Kier alpha value is -1.49. The zero-order valence-corrected chi connectivity index (χ0v) is 9.42. The molecule has 0 saturated heterocycles. The van der Waals surface area contributed by atoms with Gasteiger partial charge >= 0.3 is 0 Å². The molecule has 0 heterocycles. The molecule has 80 valence electrons. The second-order valence-electron chi connectivity index (χ2n) is 3.54. The molecular weight excluding hydrogens is 186 g/mol. The minimum atomic E-state index is 0.631. The molecule has 15 heavy (non-hydrogen) atoms. The van der Waals surface area contributed by atoms with E-state index in [2.05, 4.69) is 25.1 Å². The van der Waals surface area contributed by atoms with Crippen LogP contribution in [0, 0.1) is 18.3 Å². The first kappa shape index (κ1) is 11.6. The predicted octanol–water partition coefficient (Wildman–Crippen LogP) is 3.24. The molecule has 0 amide bonds. The zero-order chi connectivity index (χ0) is 11.1. The number of hydrogen-bond acceptors (Lipinski definition) is 2. The Bertz CT molecular complexity index is 352. The van der Waals surface area contributed by atoms with Gasteiger partial charge in [-0.2, -0.15) is 5.26 Å². The van der Waals surface area contributed by atoms with E-state index in [4.69, 9.17) is 10.00 Å². The summed E-state index contributed by atoms with van der Waals surface area (Å²) < 4.78 is 5.46. The molecule has 0 N–H and O–H groups in total. The summed E-state index contributed by atoms with van der Waals surface area (Å²) in [6.07, 6.45) is 2.54. The van der Waals surface area contributed by atoms with E-state index in [0.29, 0.717) is 13.0 Å². The van der Waals surface area contributed by atoms with Crippen molar-refractivity contribution in [2.75, 3.05) is 6.61 Å². The smallest absolute Gasteiger partial charge is 0.122 e. The summed E-state index contributed by atoms with van der Waals surface area (Å²) in [5.74, 6) is 0.960. The van der Waals surface area contributed by atoms with Gasteiger partial charge < -0.3 is 4.74 Å². The lowest BCUT2D eigenvalue weighted by molar-refractivity contribution is 0.338. The summed E-state index contributed by atoms with van der Waals surface area (Å²) in [6, 6.07) is 8.39. The quantitative estimate of drug-likeness (QED) is 0.688. The SMILES string of the molecule is CCOc1ccc(CCCC#N)cc1C. The van der Waals surface area contributed by atoms with Crippen molar-refractivity contribution in [2.24, 2.45) is 0 Å². The molecular formula is C13H17NO. The number of nitriles is 1. The average Bonchev–Trinajstić information content (AvgIpc) is 2.23. The van der Waals surface area contributed by atoms with Gasteiger partial charge in [0, 0.05) is 6.42 Å². The average molecular weight is 203 g/mol. The maximum Gasteiger partial charge on any atom is 0.122 e. The molecule has 2 nitrogen and oxygen atoms in total. The number of nitrogens with zero attached hydrogens (tertiary/aromatic N) is 1. The van der Waals surface area contributed by atoms with Crippen LogP contribution in [0.4, 0.5) is 0 Å². The van der Waals surface area contributed by atoms with Gasteiger partial charge in [0.2, 0.25) is 0 Å². The summed E-state index contributed by atoms with van der Waals surface area (Å²) in [6.45, 7) is 4.74. The predicted molar refractivity (Wildman–Crippen MR) is 60.9 cm³/mol. The van der Waals surface area contributed by atoms with Crippen LogP contribution in [0.3, 0.4) is 0 Å². The van der Waals surface area contributed by atoms with E-state index < -0.39 is 0 Å². The van der Waals surface area contributed by atoms with Crippen molar-refractivity contribution in [1.82, 2.24) is 0 Å². The summed E-state index contributed by atoms with van der Waals surface area (Å²) in [5.41, 5.74) is 2.46. The first-order chi connectivity index (χ1) is 7.27. The van der Waals surface area contributed by atoms with E-state index in [-0.39, 0.29) is 0 Å². The number of aryl methyl sites for hydroxylation is 2. The molecule has 1 aromatic rings. The van der Waals surface area contributed by atoms with Gasteiger partial charge in [0.05, 0.1) is 12.7 Å². The van der Waals surface area contributed by atoms with Crippen LogP contribution in [0.5, 0.6) is 5.75 Å². The van der Waals surface area contributed by atoms with Crippen LogP contribution in [0.25, 0.3) is 0 Å². The highest BCUT2D eigenvalue weighted by molar-refractivity contribution is 5.36. The van der Waals surface area contributed by atoms with E-state index >= 15 is 0 Å². The lowest BCUT2D eigenvalue weighted by Crippen LogP contribution is -1.95.